The van der Waals surface area contributed by atoms with Crippen molar-refractivity contribution in [3.63, 3.8) is 0 Å². The van der Waals surface area contributed by atoms with Gasteiger partial charge in [0.2, 0.25) is 6.29 Å². The van der Waals surface area contributed by atoms with Crippen LogP contribution in [0, 0.1) is 10.1 Å². The zero-order valence-electron chi connectivity index (χ0n) is 15.9. The predicted molar refractivity (Wildman–Crippen MR) is 98.0 cm³/mol. The van der Waals surface area contributed by atoms with E-state index in [1.807, 2.05) is 0 Å². The van der Waals surface area contributed by atoms with Gasteiger partial charge in [-0.25, -0.2) is 9.59 Å². The van der Waals surface area contributed by atoms with Crippen LogP contribution in [0.4, 0.5) is 4.79 Å². The lowest BCUT2D eigenvalue weighted by atomic mass is 10.2. The number of hydrogen-bond donors (Lipinski definition) is 0. The molecule has 2 aromatic rings. The van der Waals surface area contributed by atoms with Crippen molar-refractivity contribution in [3.8, 4) is 11.5 Å². The van der Waals surface area contributed by atoms with E-state index in [0.717, 1.165) is 6.92 Å². The van der Waals surface area contributed by atoms with E-state index in [9.17, 15) is 24.5 Å². The summed E-state index contributed by atoms with van der Waals surface area (Å²) in [6.07, 6.45) is -2.61. The van der Waals surface area contributed by atoms with E-state index in [4.69, 9.17) is 14.2 Å². The minimum Gasteiger partial charge on any atom is -0.429 e. The average Bonchev–Trinajstić information content (AvgIpc) is 2.66. The molecule has 0 aliphatic rings. The highest BCUT2D eigenvalue weighted by atomic mass is 17.0. The summed E-state index contributed by atoms with van der Waals surface area (Å²) >= 11 is 0. The SMILES string of the molecule is CC(=O)Oc1ccccc1C(=O)Oc1cccc(COC(=O)OC(C)O[N+](=O)[O-])c1. The van der Waals surface area contributed by atoms with Crippen LogP contribution in [0.15, 0.2) is 48.5 Å². The Bertz CT molecular complexity index is 942. The van der Waals surface area contributed by atoms with Gasteiger partial charge in [-0.05, 0) is 36.8 Å². The number of carbonyl (C=O) groups excluding carboxylic acids is 3. The summed E-state index contributed by atoms with van der Waals surface area (Å²) < 4.78 is 19.6. The van der Waals surface area contributed by atoms with Gasteiger partial charge in [-0.1, -0.05) is 24.3 Å². The summed E-state index contributed by atoms with van der Waals surface area (Å²) in [4.78, 5) is 49.3. The Morgan fingerprint density at radius 2 is 1.80 bits per heavy atom. The van der Waals surface area contributed by atoms with Gasteiger partial charge >= 0.3 is 18.1 Å². The fourth-order valence-corrected chi connectivity index (χ4v) is 2.19. The minimum atomic E-state index is -1.43. The molecule has 11 nitrogen and oxygen atoms in total. The third-order valence-corrected chi connectivity index (χ3v) is 3.32. The lowest BCUT2D eigenvalue weighted by Crippen LogP contribution is -2.21. The zero-order chi connectivity index (χ0) is 22.1. The predicted octanol–water partition coefficient (Wildman–Crippen LogP) is 3.04. The van der Waals surface area contributed by atoms with Gasteiger partial charge in [0.1, 0.15) is 23.7 Å². The second kappa shape index (κ2) is 10.4. The quantitative estimate of drug-likeness (QED) is 0.206. The smallest absolute Gasteiger partial charge is 0.429 e. The van der Waals surface area contributed by atoms with Crippen LogP contribution in [0.2, 0.25) is 0 Å². The molecule has 0 aliphatic heterocycles. The highest BCUT2D eigenvalue weighted by Gasteiger charge is 2.17. The Labute approximate surface area is 170 Å². The third-order valence-electron chi connectivity index (χ3n) is 3.32. The average molecular weight is 419 g/mol. The molecule has 0 amide bonds. The van der Waals surface area contributed by atoms with Gasteiger partial charge in [0, 0.05) is 6.92 Å². The Hall–Kier alpha value is -4.15. The standard InChI is InChI=1S/C19H17NO10/c1-12(21)27-17-9-4-3-8-16(17)18(22)29-15-7-5-6-14(10-15)11-26-19(23)28-13(2)30-20(24)25/h3-10,13H,11H2,1-2H3. The summed E-state index contributed by atoms with van der Waals surface area (Å²) in [6.45, 7) is 2.11. The van der Waals surface area contributed by atoms with Gasteiger partial charge < -0.3 is 18.9 Å². The second-order valence-electron chi connectivity index (χ2n) is 5.68. The molecular formula is C19H17NO10. The molecule has 30 heavy (non-hydrogen) atoms. The molecule has 0 heterocycles. The van der Waals surface area contributed by atoms with Gasteiger partial charge in [-0.15, -0.1) is 10.1 Å². The Kier molecular flexibility index (Phi) is 7.68. The molecule has 0 aromatic heterocycles. The van der Waals surface area contributed by atoms with Crippen molar-refractivity contribution in [3.05, 3.63) is 69.8 Å². The number of para-hydroxylation sites is 1. The van der Waals surface area contributed by atoms with Gasteiger partial charge in [0.15, 0.2) is 0 Å². The molecule has 0 bridgehead atoms. The van der Waals surface area contributed by atoms with Crippen molar-refractivity contribution in [1.29, 1.82) is 0 Å². The molecule has 2 aromatic carbocycles. The van der Waals surface area contributed by atoms with Crippen LogP contribution in [0.5, 0.6) is 11.5 Å². The fraction of sp³-hybridized carbons (Fsp3) is 0.211. The topological polar surface area (TPSA) is 141 Å². The highest BCUT2D eigenvalue weighted by molar-refractivity contribution is 5.94. The van der Waals surface area contributed by atoms with E-state index < -0.39 is 29.5 Å². The maximum Gasteiger partial charge on any atom is 0.510 e. The van der Waals surface area contributed by atoms with Crippen LogP contribution in [-0.2, 0) is 25.7 Å². The number of esters is 2. The molecule has 0 aliphatic carbocycles. The normalized spacial score (nSPS) is 11.0. The number of carbonyl (C=O) groups is 3. The molecule has 158 valence electrons. The van der Waals surface area contributed by atoms with E-state index in [0.29, 0.717) is 5.56 Å². The fourth-order valence-electron chi connectivity index (χ4n) is 2.19. The molecule has 2 rings (SSSR count). The van der Waals surface area contributed by atoms with Gasteiger partial charge in [-0.3, -0.25) is 9.63 Å². The maximum atomic E-state index is 12.4. The van der Waals surface area contributed by atoms with Crippen molar-refractivity contribution < 1.29 is 43.3 Å². The number of rotatable bonds is 8. The molecule has 0 saturated heterocycles. The van der Waals surface area contributed by atoms with E-state index in [1.54, 1.807) is 24.3 Å². The first-order valence-electron chi connectivity index (χ1n) is 8.47. The molecule has 0 spiro atoms. The van der Waals surface area contributed by atoms with Gasteiger partial charge in [-0.2, -0.15) is 0 Å². The van der Waals surface area contributed by atoms with Crippen LogP contribution in [0.25, 0.3) is 0 Å². The van der Waals surface area contributed by atoms with E-state index in [1.165, 1.54) is 31.2 Å². The largest absolute Gasteiger partial charge is 0.510 e. The monoisotopic (exact) mass is 419 g/mol. The van der Waals surface area contributed by atoms with E-state index in [2.05, 4.69) is 9.57 Å². The third kappa shape index (κ3) is 7.11. The molecule has 0 radical (unpaired) electrons. The van der Waals surface area contributed by atoms with Crippen molar-refractivity contribution in [2.24, 2.45) is 0 Å². The summed E-state index contributed by atoms with van der Waals surface area (Å²) in [5.74, 6) is -1.13. The van der Waals surface area contributed by atoms with Gasteiger partial charge in [0.25, 0.3) is 5.09 Å². The van der Waals surface area contributed by atoms with E-state index >= 15 is 0 Å². The van der Waals surface area contributed by atoms with Crippen LogP contribution < -0.4 is 9.47 Å². The molecule has 0 N–H and O–H groups in total. The van der Waals surface area contributed by atoms with Crippen molar-refractivity contribution in [1.82, 2.24) is 0 Å². The second-order valence-corrected chi connectivity index (χ2v) is 5.68. The van der Waals surface area contributed by atoms with Crippen LogP contribution in [0.1, 0.15) is 29.8 Å². The molecule has 0 saturated carbocycles. The highest BCUT2D eigenvalue weighted by Crippen LogP contribution is 2.22. The van der Waals surface area contributed by atoms with Crippen LogP contribution >= 0.6 is 0 Å². The summed E-state index contributed by atoms with van der Waals surface area (Å²) in [7, 11) is 0. The Morgan fingerprint density at radius 1 is 1.07 bits per heavy atom. The van der Waals surface area contributed by atoms with Crippen LogP contribution in [0.3, 0.4) is 0 Å². The Morgan fingerprint density at radius 3 is 2.50 bits per heavy atom. The lowest BCUT2D eigenvalue weighted by molar-refractivity contribution is -0.777. The molecule has 1 atom stereocenters. The minimum absolute atomic E-state index is 0.0534. The molecule has 1 unspecified atom stereocenters. The first kappa shape index (κ1) is 22.1. The summed E-state index contributed by atoms with van der Waals surface area (Å²) in [5, 5.41) is 9.06. The first-order chi connectivity index (χ1) is 14.2. The number of benzene rings is 2. The summed E-state index contributed by atoms with van der Waals surface area (Å²) in [5.41, 5.74) is 0.506. The first-order valence-corrected chi connectivity index (χ1v) is 8.47. The number of nitrogens with zero attached hydrogens (tertiary/aromatic N) is 1. The maximum absolute atomic E-state index is 12.4. The Balaban J connectivity index is 1.97. The van der Waals surface area contributed by atoms with E-state index in [-0.39, 0.29) is 23.7 Å². The number of ether oxygens (including phenoxy) is 4. The van der Waals surface area contributed by atoms with Crippen molar-refractivity contribution in [2.45, 2.75) is 26.7 Å². The van der Waals surface area contributed by atoms with Crippen LogP contribution in [-0.4, -0.2) is 29.5 Å². The molecular weight excluding hydrogens is 402 g/mol. The van der Waals surface area contributed by atoms with Crippen molar-refractivity contribution >= 4 is 18.1 Å². The van der Waals surface area contributed by atoms with Crippen molar-refractivity contribution in [2.75, 3.05) is 0 Å². The number of hydrogen-bond acceptors (Lipinski definition) is 10. The molecule has 11 heteroatoms. The zero-order valence-corrected chi connectivity index (χ0v) is 15.9. The lowest BCUT2D eigenvalue weighted by Gasteiger charge is -2.12. The molecule has 0 fully saturated rings. The summed E-state index contributed by atoms with van der Waals surface area (Å²) in [6, 6.07) is 12.2. The van der Waals surface area contributed by atoms with Gasteiger partial charge in [0.05, 0.1) is 0 Å².